The van der Waals surface area contributed by atoms with Crippen molar-refractivity contribution in [3.63, 3.8) is 0 Å². The average molecular weight is 213 g/mol. The minimum absolute atomic E-state index is 0.124. The van der Waals surface area contributed by atoms with E-state index in [1.54, 1.807) is 0 Å². The van der Waals surface area contributed by atoms with Gasteiger partial charge in [0, 0.05) is 29.8 Å². The maximum Gasteiger partial charge on any atom is 0.180 e. The molecule has 1 fully saturated rings. The topological polar surface area (TPSA) is 60.2 Å². The highest BCUT2D eigenvalue weighted by Crippen LogP contribution is 2.20. The number of nitrogens with one attached hydrogen (secondary N) is 1. The lowest BCUT2D eigenvalue weighted by atomic mass is 10.0. The van der Waals surface area contributed by atoms with E-state index in [0.29, 0.717) is 5.13 Å². The maximum atomic E-state index is 5.55. The van der Waals surface area contributed by atoms with Crippen LogP contribution < -0.4 is 11.1 Å². The number of hydrogen-bond acceptors (Lipinski definition) is 5. The SMILES string of the molecule is CC1(NCc2cnc(N)s2)CCOC1. The van der Waals surface area contributed by atoms with Crippen LogP contribution in [0.4, 0.5) is 5.13 Å². The molecule has 0 spiro atoms. The Labute approximate surface area is 87.5 Å². The minimum atomic E-state index is 0.124. The van der Waals surface area contributed by atoms with E-state index in [1.807, 2.05) is 6.20 Å². The first kappa shape index (κ1) is 9.89. The molecule has 1 aliphatic heterocycles. The van der Waals surface area contributed by atoms with Crippen molar-refractivity contribution >= 4 is 16.5 Å². The Balaban J connectivity index is 1.87. The van der Waals surface area contributed by atoms with E-state index in [1.165, 1.54) is 16.2 Å². The first-order valence-electron chi connectivity index (χ1n) is 4.71. The summed E-state index contributed by atoms with van der Waals surface area (Å²) < 4.78 is 5.35. The Kier molecular flexibility index (Phi) is 2.71. The number of nitrogens with two attached hydrogens (primary N) is 1. The molecule has 1 saturated heterocycles. The second-order valence-electron chi connectivity index (χ2n) is 3.88. The maximum absolute atomic E-state index is 5.55. The van der Waals surface area contributed by atoms with E-state index in [4.69, 9.17) is 10.5 Å². The Morgan fingerprint density at radius 1 is 1.79 bits per heavy atom. The summed E-state index contributed by atoms with van der Waals surface area (Å²) in [5, 5.41) is 4.11. The van der Waals surface area contributed by atoms with Crippen LogP contribution in [0.2, 0.25) is 0 Å². The molecule has 1 aliphatic rings. The average Bonchev–Trinajstić information content (AvgIpc) is 2.73. The van der Waals surface area contributed by atoms with Gasteiger partial charge in [0.15, 0.2) is 5.13 Å². The van der Waals surface area contributed by atoms with E-state index in [9.17, 15) is 0 Å². The summed E-state index contributed by atoms with van der Waals surface area (Å²) in [6, 6.07) is 0. The molecule has 0 saturated carbocycles. The number of nitrogens with zero attached hydrogens (tertiary/aromatic N) is 1. The van der Waals surface area contributed by atoms with Crippen molar-refractivity contribution in [2.75, 3.05) is 18.9 Å². The van der Waals surface area contributed by atoms with E-state index < -0.39 is 0 Å². The second-order valence-corrected chi connectivity index (χ2v) is 5.03. The largest absolute Gasteiger partial charge is 0.379 e. The lowest BCUT2D eigenvalue weighted by molar-refractivity contribution is 0.171. The zero-order valence-corrected chi connectivity index (χ0v) is 9.06. The van der Waals surface area contributed by atoms with Gasteiger partial charge in [0.2, 0.25) is 0 Å². The lowest BCUT2D eigenvalue weighted by Crippen LogP contribution is -2.42. The van der Waals surface area contributed by atoms with Crippen molar-refractivity contribution in [3.8, 4) is 0 Å². The molecular weight excluding hydrogens is 198 g/mol. The van der Waals surface area contributed by atoms with Gasteiger partial charge in [-0.05, 0) is 13.3 Å². The number of hydrogen-bond donors (Lipinski definition) is 2. The molecule has 3 N–H and O–H groups in total. The predicted molar refractivity (Wildman–Crippen MR) is 57.2 cm³/mol. The molecule has 0 aliphatic carbocycles. The first-order valence-corrected chi connectivity index (χ1v) is 5.53. The van der Waals surface area contributed by atoms with Crippen LogP contribution >= 0.6 is 11.3 Å². The third kappa shape index (κ3) is 2.23. The number of anilines is 1. The molecule has 0 radical (unpaired) electrons. The summed E-state index contributed by atoms with van der Waals surface area (Å²) in [6.07, 6.45) is 2.90. The van der Waals surface area contributed by atoms with Crippen molar-refractivity contribution in [1.82, 2.24) is 10.3 Å². The number of ether oxygens (including phenoxy) is 1. The summed E-state index contributed by atoms with van der Waals surface area (Å²) in [5.74, 6) is 0. The summed E-state index contributed by atoms with van der Waals surface area (Å²) in [7, 11) is 0. The Morgan fingerprint density at radius 2 is 2.64 bits per heavy atom. The summed E-state index contributed by atoms with van der Waals surface area (Å²) in [5.41, 5.74) is 5.67. The number of nitrogen functional groups attached to an aromatic ring is 1. The van der Waals surface area contributed by atoms with Crippen molar-refractivity contribution in [1.29, 1.82) is 0 Å². The summed E-state index contributed by atoms with van der Waals surface area (Å²) in [6.45, 7) is 4.66. The van der Waals surface area contributed by atoms with E-state index in [0.717, 1.165) is 26.2 Å². The first-order chi connectivity index (χ1) is 6.68. The van der Waals surface area contributed by atoms with Gasteiger partial charge in [0.25, 0.3) is 0 Å². The predicted octanol–water partition coefficient (Wildman–Crippen LogP) is 0.994. The molecule has 2 rings (SSSR count). The van der Waals surface area contributed by atoms with Crippen LogP contribution in [0.15, 0.2) is 6.20 Å². The molecule has 78 valence electrons. The molecule has 0 bridgehead atoms. The van der Waals surface area contributed by atoms with Crippen molar-refractivity contribution in [3.05, 3.63) is 11.1 Å². The van der Waals surface area contributed by atoms with Gasteiger partial charge in [-0.25, -0.2) is 4.98 Å². The fourth-order valence-corrected chi connectivity index (χ4v) is 2.14. The van der Waals surface area contributed by atoms with Crippen LogP contribution in [0.25, 0.3) is 0 Å². The molecule has 2 heterocycles. The normalized spacial score (nSPS) is 26.9. The quantitative estimate of drug-likeness (QED) is 0.786. The third-order valence-electron chi connectivity index (χ3n) is 2.48. The van der Waals surface area contributed by atoms with Crippen LogP contribution in [-0.4, -0.2) is 23.7 Å². The fourth-order valence-electron chi connectivity index (χ4n) is 1.51. The van der Waals surface area contributed by atoms with Gasteiger partial charge in [-0.1, -0.05) is 0 Å². The molecule has 1 aromatic heterocycles. The highest BCUT2D eigenvalue weighted by atomic mass is 32.1. The molecule has 5 heteroatoms. The number of aromatic nitrogens is 1. The molecule has 1 unspecified atom stereocenters. The molecular formula is C9H15N3OS. The van der Waals surface area contributed by atoms with E-state index in [-0.39, 0.29) is 5.54 Å². The molecule has 14 heavy (non-hydrogen) atoms. The standard InChI is InChI=1S/C9H15N3OS/c1-9(2-3-13-6-9)12-5-7-4-11-8(10)14-7/h4,12H,2-3,5-6H2,1H3,(H2,10,11). The van der Waals surface area contributed by atoms with Crippen LogP contribution in [0, 0.1) is 0 Å². The monoisotopic (exact) mass is 213 g/mol. The Morgan fingerprint density at radius 3 is 3.21 bits per heavy atom. The zero-order chi connectivity index (χ0) is 10.0. The van der Waals surface area contributed by atoms with Crippen LogP contribution in [0.3, 0.4) is 0 Å². The van der Waals surface area contributed by atoms with Crippen LogP contribution in [0.1, 0.15) is 18.2 Å². The zero-order valence-electron chi connectivity index (χ0n) is 8.25. The lowest BCUT2D eigenvalue weighted by Gasteiger charge is -2.22. The molecule has 0 aromatic carbocycles. The van der Waals surface area contributed by atoms with Crippen LogP contribution in [-0.2, 0) is 11.3 Å². The summed E-state index contributed by atoms with van der Waals surface area (Å²) in [4.78, 5) is 5.19. The van der Waals surface area contributed by atoms with Crippen LogP contribution in [0.5, 0.6) is 0 Å². The van der Waals surface area contributed by atoms with Gasteiger partial charge in [-0.2, -0.15) is 0 Å². The fraction of sp³-hybridized carbons (Fsp3) is 0.667. The second kappa shape index (κ2) is 3.84. The third-order valence-corrected chi connectivity index (χ3v) is 3.31. The van der Waals surface area contributed by atoms with Gasteiger partial charge in [0.05, 0.1) is 6.61 Å². The number of thiazole rings is 1. The molecule has 1 atom stereocenters. The van der Waals surface area contributed by atoms with Gasteiger partial charge < -0.3 is 15.8 Å². The smallest absolute Gasteiger partial charge is 0.180 e. The van der Waals surface area contributed by atoms with Gasteiger partial charge >= 0.3 is 0 Å². The van der Waals surface area contributed by atoms with Gasteiger partial charge in [0.1, 0.15) is 0 Å². The highest BCUT2D eigenvalue weighted by Gasteiger charge is 2.28. The Hall–Kier alpha value is -0.650. The Bertz CT molecular complexity index is 307. The van der Waals surface area contributed by atoms with E-state index >= 15 is 0 Å². The van der Waals surface area contributed by atoms with E-state index in [2.05, 4.69) is 17.2 Å². The molecule has 4 nitrogen and oxygen atoms in total. The van der Waals surface area contributed by atoms with Crippen molar-refractivity contribution in [2.24, 2.45) is 0 Å². The van der Waals surface area contributed by atoms with Gasteiger partial charge in [-0.3, -0.25) is 0 Å². The van der Waals surface area contributed by atoms with Gasteiger partial charge in [-0.15, -0.1) is 11.3 Å². The molecule has 0 amide bonds. The minimum Gasteiger partial charge on any atom is -0.379 e. The summed E-state index contributed by atoms with van der Waals surface area (Å²) >= 11 is 1.53. The highest BCUT2D eigenvalue weighted by molar-refractivity contribution is 7.15. The van der Waals surface area contributed by atoms with Crippen molar-refractivity contribution in [2.45, 2.75) is 25.4 Å². The van der Waals surface area contributed by atoms with Crippen molar-refractivity contribution < 1.29 is 4.74 Å². The number of rotatable bonds is 3. The molecule has 1 aromatic rings.